The van der Waals surface area contributed by atoms with E-state index in [1.165, 1.54) is 25.7 Å². The summed E-state index contributed by atoms with van der Waals surface area (Å²) in [5.41, 5.74) is 0.746. The normalized spacial score (nSPS) is 17.4. The minimum atomic E-state index is -0.291. The molecule has 0 aromatic heterocycles. The molecule has 1 saturated carbocycles. The maximum Gasteiger partial charge on any atom is 0.321 e. The average molecular weight is 387 g/mol. The third-order valence-corrected chi connectivity index (χ3v) is 5.53. The third-order valence-electron chi connectivity index (χ3n) is 5.53. The summed E-state index contributed by atoms with van der Waals surface area (Å²) in [6, 6.07) is 9.11. The zero-order valence-corrected chi connectivity index (χ0v) is 16.3. The summed E-state index contributed by atoms with van der Waals surface area (Å²) in [5.74, 6) is 0.150. The van der Waals surface area contributed by atoms with E-state index in [4.69, 9.17) is 4.74 Å². The molecule has 1 N–H and O–H groups in total. The standard InChI is InChI=1S/C21H29N3O4/c25-19(16-28-20(26)11-10-17-6-4-5-7-17)23-12-14-24(15-13-23)21(27)22-18-8-2-1-3-9-18/h1-3,8-9,17H,4-7,10-16H2,(H,22,27). The van der Waals surface area contributed by atoms with Crippen molar-refractivity contribution in [3.63, 3.8) is 0 Å². The number of para-hydroxylation sites is 1. The molecule has 1 aliphatic carbocycles. The summed E-state index contributed by atoms with van der Waals surface area (Å²) in [6.45, 7) is 1.60. The van der Waals surface area contributed by atoms with Crippen molar-refractivity contribution in [2.24, 2.45) is 5.92 Å². The number of esters is 1. The Morgan fingerprint density at radius 2 is 1.61 bits per heavy atom. The third kappa shape index (κ3) is 5.97. The van der Waals surface area contributed by atoms with Crippen molar-refractivity contribution in [1.29, 1.82) is 0 Å². The van der Waals surface area contributed by atoms with E-state index >= 15 is 0 Å². The summed E-state index contributed by atoms with van der Waals surface area (Å²) in [7, 11) is 0. The van der Waals surface area contributed by atoms with Crippen LogP contribution in [0.4, 0.5) is 10.5 Å². The lowest BCUT2D eigenvalue weighted by Crippen LogP contribution is -2.52. The Balaban J connectivity index is 1.33. The second kappa shape index (κ2) is 10.1. The van der Waals surface area contributed by atoms with Gasteiger partial charge in [0.2, 0.25) is 0 Å². The highest BCUT2D eigenvalue weighted by molar-refractivity contribution is 5.89. The van der Waals surface area contributed by atoms with Crippen molar-refractivity contribution in [3.05, 3.63) is 30.3 Å². The summed E-state index contributed by atoms with van der Waals surface area (Å²) in [5, 5.41) is 2.85. The van der Waals surface area contributed by atoms with Crippen molar-refractivity contribution >= 4 is 23.6 Å². The zero-order valence-electron chi connectivity index (χ0n) is 16.3. The Kier molecular flexibility index (Phi) is 7.28. The highest BCUT2D eigenvalue weighted by Crippen LogP contribution is 2.28. The quantitative estimate of drug-likeness (QED) is 0.762. The molecule has 1 aromatic carbocycles. The zero-order chi connectivity index (χ0) is 19.8. The van der Waals surface area contributed by atoms with Crippen LogP contribution in [0.1, 0.15) is 38.5 Å². The molecule has 28 heavy (non-hydrogen) atoms. The molecule has 1 heterocycles. The number of carbonyl (C=O) groups excluding carboxylic acids is 3. The Bertz CT molecular complexity index is 665. The first-order chi connectivity index (χ1) is 13.6. The largest absolute Gasteiger partial charge is 0.456 e. The number of carbonyl (C=O) groups is 3. The molecule has 2 fully saturated rings. The first-order valence-corrected chi connectivity index (χ1v) is 10.2. The van der Waals surface area contributed by atoms with Gasteiger partial charge in [0.1, 0.15) is 0 Å². The maximum atomic E-state index is 12.3. The number of piperazine rings is 1. The van der Waals surface area contributed by atoms with Crippen LogP contribution < -0.4 is 5.32 Å². The molecule has 152 valence electrons. The van der Waals surface area contributed by atoms with E-state index in [2.05, 4.69) is 5.32 Å². The Hall–Kier alpha value is -2.57. The minimum absolute atomic E-state index is 0.170. The van der Waals surface area contributed by atoms with Gasteiger partial charge >= 0.3 is 12.0 Å². The van der Waals surface area contributed by atoms with Gasteiger partial charge < -0.3 is 19.9 Å². The van der Waals surface area contributed by atoms with Gasteiger partial charge in [-0.25, -0.2) is 4.79 Å². The Labute approximate surface area is 166 Å². The predicted molar refractivity (Wildman–Crippen MR) is 106 cm³/mol. The predicted octanol–water partition coefficient (Wildman–Crippen LogP) is 2.88. The highest BCUT2D eigenvalue weighted by atomic mass is 16.5. The molecule has 0 radical (unpaired) electrons. The lowest BCUT2D eigenvalue weighted by molar-refractivity contribution is -0.152. The van der Waals surface area contributed by atoms with Crippen LogP contribution in [0.25, 0.3) is 0 Å². The van der Waals surface area contributed by atoms with Gasteiger partial charge in [-0.3, -0.25) is 9.59 Å². The molecule has 1 saturated heterocycles. The number of nitrogens with zero attached hydrogens (tertiary/aromatic N) is 2. The molecule has 7 nitrogen and oxygen atoms in total. The second-order valence-corrected chi connectivity index (χ2v) is 7.51. The summed E-state index contributed by atoms with van der Waals surface area (Å²) in [4.78, 5) is 39.7. The molecular weight excluding hydrogens is 358 g/mol. The molecule has 0 atom stereocenters. The van der Waals surface area contributed by atoms with Crippen LogP contribution in [-0.4, -0.2) is 60.5 Å². The molecule has 3 rings (SSSR count). The number of hydrogen-bond donors (Lipinski definition) is 1. The van der Waals surface area contributed by atoms with E-state index in [1.54, 1.807) is 9.80 Å². The fourth-order valence-electron chi connectivity index (χ4n) is 3.81. The van der Waals surface area contributed by atoms with Crippen LogP contribution in [0.15, 0.2) is 30.3 Å². The first-order valence-electron chi connectivity index (χ1n) is 10.2. The van der Waals surface area contributed by atoms with Crippen molar-refractivity contribution in [2.75, 3.05) is 38.1 Å². The van der Waals surface area contributed by atoms with Crippen molar-refractivity contribution in [3.8, 4) is 0 Å². The van der Waals surface area contributed by atoms with E-state index < -0.39 is 0 Å². The lowest BCUT2D eigenvalue weighted by atomic mass is 10.0. The van der Waals surface area contributed by atoms with Gasteiger partial charge in [0.25, 0.3) is 5.91 Å². The van der Waals surface area contributed by atoms with E-state index in [-0.39, 0.29) is 24.5 Å². The fraction of sp³-hybridized carbons (Fsp3) is 0.571. The molecule has 0 bridgehead atoms. The topological polar surface area (TPSA) is 79.0 Å². The van der Waals surface area contributed by atoms with E-state index in [1.807, 2.05) is 30.3 Å². The number of rotatable bonds is 6. The Morgan fingerprint density at radius 1 is 0.964 bits per heavy atom. The van der Waals surface area contributed by atoms with Gasteiger partial charge in [0.05, 0.1) is 0 Å². The van der Waals surface area contributed by atoms with E-state index in [0.29, 0.717) is 38.5 Å². The minimum Gasteiger partial charge on any atom is -0.456 e. The summed E-state index contributed by atoms with van der Waals surface area (Å²) in [6.07, 6.45) is 6.18. The van der Waals surface area contributed by atoms with Crippen LogP contribution >= 0.6 is 0 Å². The SMILES string of the molecule is O=C(CCC1CCCC1)OCC(=O)N1CCN(C(=O)Nc2ccccc2)CC1. The van der Waals surface area contributed by atoms with Gasteiger partial charge in [0, 0.05) is 38.3 Å². The number of urea groups is 1. The van der Waals surface area contributed by atoms with Crippen molar-refractivity contribution in [1.82, 2.24) is 9.80 Å². The molecule has 0 unspecified atom stereocenters. The number of benzene rings is 1. The van der Waals surface area contributed by atoms with Gasteiger partial charge in [-0.2, -0.15) is 0 Å². The van der Waals surface area contributed by atoms with Gasteiger partial charge in [-0.1, -0.05) is 43.9 Å². The van der Waals surface area contributed by atoms with Crippen LogP contribution in [0.5, 0.6) is 0 Å². The first kappa shape index (κ1) is 20.2. The summed E-state index contributed by atoms with van der Waals surface area (Å²) < 4.78 is 5.15. The van der Waals surface area contributed by atoms with Gasteiger partial charge in [0.15, 0.2) is 6.61 Å². The maximum absolute atomic E-state index is 12.3. The van der Waals surface area contributed by atoms with Gasteiger partial charge in [-0.05, 0) is 24.5 Å². The number of anilines is 1. The van der Waals surface area contributed by atoms with Crippen LogP contribution in [0, 0.1) is 5.92 Å². The van der Waals surface area contributed by atoms with E-state index in [0.717, 1.165) is 12.1 Å². The molecule has 0 spiro atoms. The average Bonchev–Trinajstić information content (AvgIpc) is 3.25. The van der Waals surface area contributed by atoms with Gasteiger partial charge in [-0.15, -0.1) is 0 Å². The smallest absolute Gasteiger partial charge is 0.321 e. The highest BCUT2D eigenvalue weighted by Gasteiger charge is 2.25. The van der Waals surface area contributed by atoms with Crippen LogP contribution in [0.3, 0.4) is 0 Å². The molecule has 1 aliphatic heterocycles. The van der Waals surface area contributed by atoms with E-state index in [9.17, 15) is 14.4 Å². The fourth-order valence-corrected chi connectivity index (χ4v) is 3.81. The second-order valence-electron chi connectivity index (χ2n) is 7.51. The molecule has 2 aliphatic rings. The number of hydrogen-bond acceptors (Lipinski definition) is 4. The summed E-state index contributed by atoms with van der Waals surface area (Å²) >= 11 is 0. The molecular formula is C21H29N3O4. The molecule has 3 amide bonds. The van der Waals surface area contributed by atoms with Crippen molar-refractivity contribution < 1.29 is 19.1 Å². The number of amides is 3. The molecule has 7 heteroatoms. The monoisotopic (exact) mass is 387 g/mol. The lowest BCUT2D eigenvalue weighted by Gasteiger charge is -2.34. The van der Waals surface area contributed by atoms with Crippen molar-refractivity contribution in [2.45, 2.75) is 38.5 Å². The van der Waals surface area contributed by atoms with Crippen LogP contribution in [0.2, 0.25) is 0 Å². The number of nitrogens with one attached hydrogen (secondary N) is 1. The Morgan fingerprint density at radius 3 is 2.29 bits per heavy atom. The van der Waals surface area contributed by atoms with Crippen LogP contribution in [-0.2, 0) is 14.3 Å². The molecule has 1 aromatic rings. The number of ether oxygens (including phenoxy) is 1.